The summed E-state index contributed by atoms with van der Waals surface area (Å²) < 4.78 is 37.2. The van der Waals surface area contributed by atoms with Crippen LogP contribution in [-0.4, -0.2) is 23.1 Å². The number of nitrogens with one attached hydrogen (secondary N) is 1. The van der Waals surface area contributed by atoms with Crippen molar-refractivity contribution in [2.75, 3.05) is 7.05 Å². The van der Waals surface area contributed by atoms with Gasteiger partial charge >= 0.3 is 12.1 Å². The molecule has 0 unspecified atom stereocenters. The lowest BCUT2D eigenvalue weighted by atomic mass is 10.1. The molecule has 0 aliphatic heterocycles. The molecule has 0 radical (unpaired) electrons. The van der Waals surface area contributed by atoms with E-state index in [1.807, 2.05) is 0 Å². The first-order chi connectivity index (χ1) is 7.36. The number of carboxylic acid groups (broad SMARTS) is 1. The van der Waals surface area contributed by atoms with E-state index in [2.05, 4.69) is 10.3 Å². The summed E-state index contributed by atoms with van der Waals surface area (Å²) in [4.78, 5) is 14.1. The lowest BCUT2D eigenvalue weighted by Crippen LogP contribution is -2.17. The van der Waals surface area contributed by atoms with Gasteiger partial charge in [0.05, 0.1) is 11.3 Å². The Balaban J connectivity index is 3.25. The highest BCUT2D eigenvalue weighted by atomic mass is 19.4. The number of aromatic carboxylic acids is 1. The summed E-state index contributed by atoms with van der Waals surface area (Å²) in [7, 11) is 1.58. The van der Waals surface area contributed by atoms with Gasteiger partial charge in [0.2, 0.25) is 0 Å². The smallest absolute Gasteiger partial charge is 0.418 e. The second-order valence-corrected chi connectivity index (χ2v) is 3.03. The van der Waals surface area contributed by atoms with Gasteiger partial charge in [-0.1, -0.05) is 0 Å². The van der Waals surface area contributed by atoms with E-state index in [0.29, 0.717) is 0 Å². The Hall–Kier alpha value is -1.63. The fraction of sp³-hybridized carbons (Fsp3) is 0.333. The first-order valence-corrected chi connectivity index (χ1v) is 4.31. The van der Waals surface area contributed by atoms with Gasteiger partial charge in [0.15, 0.2) is 5.69 Å². The highest BCUT2D eigenvalue weighted by Crippen LogP contribution is 2.31. The summed E-state index contributed by atoms with van der Waals surface area (Å²) in [5, 5.41) is 11.3. The fourth-order valence-corrected chi connectivity index (χ4v) is 1.17. The molecule has 16 heavy (non-hydrogen) atoms. The molecule has 0 amide bonds. The molecule has 1 heterocycles. The van der Waals surface area contributed by atoms with Crippen LogP contribution in [-0.2, 0) is 12.7 Å². The first kappa shape index (κ1) is 12.4. The number of pyridine rings is 1. The normalized spacial score (nSPS) is 11.5. The van der Waals surface area contributed by atoms with Crippen LogP contribution in [0.3, 0.4) is 0 Å². The second kappa shape index (κ2) is 4.48. The first-order valence-electron chi connectivity index (χ1n) is 4.31. The number of hydrogen-bond donors (Lipinski definition) is 2. The Bertz CT molecular complexity index is 404. The van der Waals surface area contributed by atoms with Crippen LogP contribution in [0.4, 0.5) is 13.2 Å². The van der Waals surface area contributed by atoms with Crippen LogP contribution >= 0.6 is 0 Å². The topological polar surface area (TPSA) is 62.2 Å². The van der Waals surface area contributed by atoms with E-state index in [9.17, 15) is 18.0 Å². The van der Waals surface area contributed by atoms with Gasteiger partial charge in [0.25, 0.3) is 0 Å². The fourth-order valence-electron chi connectivity index (χ4n) is 1.17. The van der Waals surface area contributed by atoms with Crippen LogP contribution in [0.15, 0.2) is 12.1 Å². The highest BCUT2D eigenvalue weighted by molar-refractivity contribution is 5.87. The Morgan fingerprint density at radius 1 is 1.50 bits per heavy atom. The van der Waals surface area contributed by atoms with Crippen LogP contribution in [0.5, 0.6) is 0 Å². The molecule has 0 atom stereocenters. The van der Waals surface area contributed by atoms with Gasteiger partial charge in [0, 0.05) is 6.54 Å². The zero-order valence-corrected chi connectivity index (χ0v) is 8.30. The molecule has 0 saturated heterocycles. The van der Waals surface area contributed by atoms with E-state index in [1.165, 1.54) is 0 Å². The zero-order valence-electron chi connectivity index (χ0n) is 8.30. The molecule has 88 valence electrons. The quantitative estimate of drug-likeness (QED) is 0.832. The zero-order chi connectivity index (χ0) is 12.3. The molecule has 0 aliphatic carbocycles. The summed E-state index contributed by atoms with van der Waals surface area (Å²) >= 11 is 0. The van der Waals surface area contributed by atoms with Gasteiger partial charge in [-0.3, -0.25) is 0 Å². The van der Waals surface area contributed by atoms with Crippen molar-refractivity contribution >= 4 is 5.97 Å². The molecular formula is C9H9F3N2O2. The molecule has 0 bridgehead atoms. The van der Waals surface area contributed by atoms with Crippen molar-refractivity contribution in [2.24, 2.45) is 0 Å². The Morgan fingerprint density at radius 2 is 2.12 bits per heavy atom. The van der Waals surface area contributed by atoms with Crippen LogP contribution in [0, 0.1) is 0 Å². The minimum absolute atomic E-state index is 0.207. The third-order valence-electron chi connectivity index (χ3n) is 1.82. The molecule has 0 fully saturated rings. The maximum atomic E-state index is 12.4. The van der Waals surface area contributed by atoms with Gasteiger partial charge in [-0.25, -0.2) is 9.78 Å². The maximum absolute atomic E-state index is 12.4. The molecule has 0 aromatic carbocycles. The number of rotatable bonds is 3. The van der Waals surface area contributed by atoms with Crippen molar-refractivity contribution < 1.29 is 23.1 Å². The number of carboxylic acids is 1. The van der Waals surface area contributed by atoms with E-state index in [0.717, 1.165) is 12.1 Å². The third kappa shape index (κ3) is 2.69. The molecule has 1 aromatic rings. The van der Waals surface area contributed by atoms with Crippen molar-refractivity contribution in [1.82, 2.24) is 10.3 Å². The number of alkyl halides is 3. The van der Waals surface area contributed by atoms with Crippen LogP contribution in [0.2, 0.25) is 0 Å². The summed E-state index contributed by atoms with van der Waals surface area (Å²) in [6, 6.07) is 1.87. The SMILES string of the molecule is CNCc1ccc(C(F)(F)F)c(C(=O)O)n1. The molecule has 1 aromatic heterocycles. The lowest BCUT2D eigenvalue weighted by molar-refractivity contribution is -0.138. The van der Waals surface area contributed by atoms with Crippen molar-refractivity contribution in [3.05, 3.63) is 29.1 Å². The molecule has 0 saturated carbocycles. The van der Waals surface area contributed by atoms with Crippen molar-refractivity contribution in [3.63, 3.8) is 0 Å². The van der Waals surface area contributed by atoms with Crippen molar-refractivity contribution in [3.8, 4) is 0 Å². The number of nitrogens with zero attached hydrogens (tertiary/aromatic N) is 1. The monoisotopic (exact) mass is 234 g/mol. The highest BCUT2D eigenvalue weighted by Gasteiger charge is 2.36. The van der Waals surface area contributed by atoms with E-state index in [4.69, 9.17) is 5.11 Å². The lowest BCUT2D eigenvalue weighted by Gasteiger charge is -2.10. The summed E-state index contributed by atoms with van der Waals surface area (Å²) in [6.07, 6.45) is -4.71. The number of aromatic nitrogens is 1. The van der Waals surface area contributed by atoms with Gasteiger partial charge < -0.3 is 10.4 Å². The van der Waals surface area contributed by atoms with Gasteiger partial charge in [-0.15, -0.1) is 0 Å². The summed E-state index contributed by atoms with van der Waals surface area (Å²) in [5.41, 5.74) is -1.96. The van der Waals surface area contributed by atoms with E-state index in [1.54, 1.807) is 7.05 Å². The van der Waals surface area contributed by atoms with E-state index >= 15 is 0 Å². The molecular weight excluding hydrogens is 225 g/mol. The molecule has 0 spiro atoms. The number of halogens is 3. The largest absolute Gasteiger partial charge is 0.476 e. The maximum Gasteiger partial charge on any atom is 0.418 e. The average Bonchev–Trinajstić information content (AvgIpc) is 2.16. The third-order valence-corrected chi connectivity index (χ3v) is 1.82. The number of carbonyl (C=O) groups is 1. The van der Waals surface area contributed by atoms with Crippen LogP contribution in [0.25, 0.3) is 0 Å². The van der Waals surface area contributed by atoms with Crippen molar-refractivity contribution in [1.29, 1.82) is 0 Å². The second-order valence-electron chi connectivity index (χ2n) is 3.03. The van der Waals surface area contributed by atoms with Gasteiger partial charge in [-0.2, -0.15) is 13.2 Å². The molecule has 7 heteroatoms. The minimum atomic E-state index is -4.71. The number of hydrogen-bond acceptors (Lipinski definition) is 3. The Kier molecular flexibility index (Phi) is 3.48. The minimum Gasteiger partial charge on any atom is -0.476 e. The molecule has 4 nitrogen and oxygen atoms in total. The van der Waals surface area contributed by atoms with E-state index in [-0.39, 0.29) is 12.2 Å². The van der Waals surface area contributed by atoms with Crippen LogP contribution in [0.1, 0.15) is 21.7 Å². The van der Waals surface area contributed by atoms with E-state index < -0.39 is 23.4 Å². The molecule has 1 rings (SSSR count). The Morgan fingerprint density at radius 3 is 2.56 bits per heavy atom. The average molecular weight is 234 g/mol. The standard InChI is InChI=1S/C9H9F3N2O2/c1-13-4-5-2-3-6(9(10,11)12)7(14-5)8(15)16/h2-3,13H,4H2,1H3,(H,15,16). The molecule has 0 aliphatic rings. The summed E-state index contributed by atoms with van der Waals surface area (Å²) in [6.45, 7) is 0.207. The Labute approximate surface area is 89.1 Å². The molecule has 2 N–H and O–H groups in total. The van der Waals surface area contributed by atoms with Crippen LogP contribution < -0.4 is 5.32 Å². The van der Waals surface area contributed by atoms with Gasteiger partial charge in [-0.05, 0) is 19.2 Å². The van der Waals surface area contributed by atoms with Gasteiger partial charge in [0.1, 0.15) is 0 Å². The van der Waals surface area contributed by atoms with Crippen molar-refractivity contribution in [2.45, 2.75) is 12.7 Å². The predicted molar refractivity (Wildman–Crippen MR) is 49.0 cm³/mol. The summed E-state index contributed by atoms with van der Waals surface area (Å²) in [5.74, 6) is -1.69. The predicted octanol–water partition coefficient (Wildman–Crippen LogP) is 1.52.